The van der Waals surface area contributed by atoms with Crippen molar-refractivity contribution >= 4 is 9.84 Å². The third-order valence-corrected chi connectivity index (χ3v) is 5.34. The van der Waals surface area contributed by atoms with Crippen LogP contribution in [0.2, 0.25) is 0 Å². The molecule has 0 radical (unpaired) electrons. The minimum absolute atomic E-state index is 0.286. The van der Waals surface area contributed by atoms with Crippen molar-refractivity contribution in [3.63, 3.8) is 0 Å². The molecule has 3 nitrogen and oxygen atoms in total. The Morgan fingerprint density at radius 1 is 1.25 bits per heavy atom. The molecule has 0 aliphatic heterocycles. The van der Waals surface area contributed by atoms with E-state index in [0.717, 1.165) is 13.0 Å². The molecule has 0 amide bonds. The third kappa shape index (κ3) is 4.42. The number of sulfone groups is 1. The molecule has 2 atom stereocenters. The molecule has 0 bridgehead atoms. The van der Waals surface area contributed by atoms with Crippen LogP contribution in [0.4, 0.5) is 0 Å². The average Bonchev–Trinajstić information content (AvgIpc) is 2.16. The van der Waals surface area contributed by atoms with Gasteiger partial charge >= 0.3 is 0 Å². The maximum Gasteiger partial charge on any atom is 0.150 e. The van der Waals surface area contributed by atoms with E-state index in [1.54, 1.807) is 6.92 Å². The molecule has 0 aromatic heterocycles. The van der Waals surface area contributed by atoms with Crippen molar-refractivity contribution in [3.8, 4) is 0 Å². The summed E-state index contributed by atoms with van der Waals surface area (Å²) in [5, 5.41) is 3.44. The maximum atomic E-state index is 11.4. The molecular weight excluding hydrogens is 222 g/mol. The van der Waals surface area contributed by atoms with E-state index in [0.29, 0.717) is 23.6 Å². The van der Waals surface area contributed by atoms with E-state index in [1.165, 1.54) is 12.8 Å². The summed E-state index contributed by atoms with van der Waals surface area (Å²) >= 11 is 0. The van der Waals surface area contributed by atoms with Gasteiger partial charge in [0.1, 0.15) is 9.84 Å². The van der Waals surface area contributed by atoms with Gasteiger partial charge in [-0.3, -0.25) is 0 Å². The highest BCUT2D eigenvalue weighted by Gasteiger charge is 2.31. The fraction of sp³-hybridized carbons (Fsp3) is 1.00. The SMILES string of the molecule is CCS(=O)(=O)CCC1CCC1CNC(C)C. The van der Waals surface area contributed by atoms with Crippen LogP contribution >= 0.6 is 0 Å². The van der Waals surface area contributed by atoms with Crippen molar-refractivity contribution in [2.24, 2.45) is 11.8 Å². The molecule has 1 aliphatic rings. The molecule has 0 aromatic carbocycles. The van der Waals surface area contributed by atoms with Crippen molar-refractivity contribution in [1.82, 2.24) is 5.32 Å². The number of hydrogen-bond donors (Lipinski definition) is 1. The monoisotopic (exact) mass is 247 g/mol. The van der Waals surface area contributed by atoms with E-state index in [9.17, 15) is 8.42 Å². The summed E-state index contributed by atoms with van der Waals surface area (Å²) in [5.41, 5.74) is 0. The van der Waals surface area contributed by atoms with Gasteiger partial charge in [0.2, 0.25) is 0 Å². The van der Waals surface area contributed by atoms with Crippen molar-refractivity contribution in [2.45, 2.75) is 46.1 Å². The van der Waals surface area contributed by atoms with Gasteiger partial charge in [0.05, 0.1) is 5.75 Å². The minimum atomic E-state index is -2.77. The fourth-order valence-corrected chi connectivity index (χ4v) is 3.10. The predicted octanol–water partition coefficient (Wildman–Crippen LogP) is 1.84. The van der Waals surface area contributed by atoms with Crippen LogP contribution in [-0.2, 0) is 9.84 Å². The number of rotatable bonds is 7. The lowest BCUT2D eigenvalue weighted by molar-refractivity contribution is 0.164. The molecule has 0 spiro atoms. The van der Waals surface area contributed by atoms with Crippen LogP contribution in [0.25, 0.3) is 0 Å². The van der Waals surface area contributed by atoms with Crippen LogP contribution in [0, 0.1) is 11.8 Å². The maximum absolute atomic E-state index is 11.4. The highest BCUT2D eigenvalue weighted by molar-refractivity contribution is 7.91. The highest BCUT2D eigenvalue weighted by Crippen LogP contribution is 2.36. The van der Waals surface area contributed by atoms with Crippen LogP contribution in [0.1, 0.15) is 40.0 Å². The molecule has 16 heavy (non-hydrogen) atoms. The summed E-state index contributed by atoms with van der Waals surface area (Å²) in [6.45, 7) is 7.08. The molecule has 0 heterocycles. The first kappa shape index (κ1) is 14.0. The smallest absolute Gasteiger partial charge is 0.150 e. The van der Waals surface area contributed by atoms with E-state index in [2.05, 4.69) is 19.2 Å². The first-order chi connectivity index (χ1) is 7.44. The second-order valence-corrected chi connectivity index (χ2v) is 7.66. The number of nitrogens with one attached hydrogen (secondary N) is 1. The Balaban J connectivity index is 2.23. The highest BCUT2D eigenvalue weighted by atomic mass is 32.2. The van der Waals surface area contributed by atoms with Crippen LogP contribution in [0.15, 0.2) is 0 Å². The molecule has 4 heteroatoms. The lowest BCUT2D eigenvalue weighted by atomic mass is 9.72. The first-order valence-corrected chi connectivity index (χ1v) is 8.20. The zero-order valence-corrected chi connectivity index (χ0v) is 11.5. The molecular formula is C12H25NO2S. The van der Waals surface area contributed by atoms with E-state index < -0.39 is 9.84 Å². The van der Waals surface area contributed by atoms with E-state index in [1.807, 2.05) is 0 Å². The Morgan fingerprint density at radius 2 is 1.88 bits per heavy atom. The fourth-order valence-electron chi connectivity index (χ4n) is 2.15. The lowest BCUT2D eigenvalue weighted by Crippen LogP contribution is -2.38. The first-order valence-electron chi connectivity index (χ1n) is 6.38. The quantitative estimate of drug-likeness (QED) is 0.746. The zero-order valence-electron chi connectivity index (χ0n) is 10.7. The average molecular weight is 247 g/mol. The minimum Gasteiger partial charge on any atom is -0.314 e. The summed E-state index contributed by atoms with van der Waals surface area (Å²) in [6.07, 6.45) is 3.33. The normalized spacial score (nSPS) is 25.8. The van der Waals surface area contributed by atoms with Gasteiger partial charge in [-0.2, -0.15) is 0 Å². The van der Waals surface area contributed by atoms with Crippen molar-refractivity contribution < 1.29 is 8.42 Å². The van der Waals surface area contributed by atoms with Crippen LogP contribution in [-0.4, -0.2) is 32.5 Å². The molecule has 96 valence electrons. The van der Waals surface area contributed by atoms with Crippen molar-refractivity contribution in [1.29, 1.82) is 0 Å². The molecule has 1 rings (SSSR count). The Bertz CT molecular complexity index is 298. The van der Waals surface area contributed by atoms with Crippen molar-refractivity contribution in [3.05, 3.63) is 0 Å². The van der Waals surface area contributed by atoms with Crippen LogP contribution < -0.4 is 5.32 Å². The Kier molecular flexibility index (Phi) is 5.25. The van der Waals surface area contributed by atoms with Gasteiger partial charge in [0.15, 0.2) is 0 Å². The van der Waals surface area contributed by atoms with Gasteiger partial charge in [-0.15, -0.1) is 0 Å². The predicted molar refractivity (Wildman–Crippen MR) is 68.3 cm³/mol. The van der Waals surface area contributed by atoms with Crippen LogP contribution in [0.3, 0.4) is 0 Å². The Morgan fingerprint density at radius 3 is 2.31 bits per heavy atom. The van der Waals surface area contributed by atoms with E-state index in [4.69, 9.17) is 0 Å². The second-order valence-electron chi connectivity index (χ2n) is 5.19. The van der Waals surface area contributed by atoms with Crippen LogP contribution in [0.5, 0.6) is 0 Å². The second kappa shape index (κ2) is 6.01. The summed E-state index contributed by atoms with van der Waals surface area (Å²) in [5.74, 6) is 2.00. The van der Waals surface area contributed by atoms with Gasteiger partial charge < -0.3 is 5.32 Å². The van der Waals surface area contributed by atoms with Crippen molar-refractivity contribution in [2.75, 3.05) is 18.1 Å². The van der Waals surface area contributed by atoms with E-state index in [-0.39, 0.29) is 5.75 Å². The third-order valence-electron chi connectivity index (χ3n) is 3.60. The largest absolute Gasteiger partial charge is 0.314 e. The summed E-state index contributed by atoms with van der Waals surface area (Å²) in [4.78, 5) is 0. The topological polar surface area (TPSA) is 46.2 Å². The number of hydrogen-bond acceptors (Lipinski definition) is 3. The molecule has 1 saturated carbocycles. The summed E-state index contributed by atoms with van der Waals surface area (Å²) in [6, 6.07) is 0.528. The van der Waals surface area contributed by atoms with Gasteiger partial charge in [0, 0.05) is 11.8 Å². The van der Waals surface area contributed by atoms with Gasteiger partial charge in [-0.25, -0.2) is 8.42 Å². The lowest BCUT2D eigenvalue weighted by Gasteiger charge is -2.37. The zero-order chi connectivity index (χ0) is 12.2. The molecule has 2 unspecified atom stereocenters. The summed E-state index contributed by atoms with van der Waals surface area (Å²) in [7, 11) is -2.77. The Hall–Kier alpha value is -0.0900. The molecule has 0 aromatic rings. The molecule has 0 saturated heterocycles. The Labute approximate surface area is 99.9 Å². The standard InChI is InChI=1S/C12H25NO2S/c1-4-16(14,15)8-7-11-5-6-12(11)9-13-10(2)3/h10-13H,4-9H2,1-3H3. The molecule has 1 N–H and O–H groups in total. The van der Waals surface area contributed by atoms with Gasteiger partial charge in [-0.05, 0) is 37.6 Å². The van der Waals surface area contributed by atoms with E-state index >= 15 is 0 Å². The molecule has 1 fully saturated rings. The summed E-state index contributed by atoms with van der Waals surface area (Å²) < 4.78 is 22.8. The molecule has 1 aliphatic carbocycles. The van der Waals surface area contributed by atoms with Gasteiger partial charge in [0.25, 0.3) is 0 Å². The van der Waals surface area contributed by atoms with Gasteiger partial charge in [-0.1, -0.05) is 20.8 Å².